The second-order valence-corrected chi connectivity index (χ2v) is 4.84. The maximum Gasteiger partial charge on any atom is 0.416 e. The highest BCUT2D eigenvalue weighted by Gasteiger charge is 2.47. The van der Waals surface area contributed by atoms with Crippen LogP contribution in [-0.2, 0) is 6.18 Å². The van der Waals surface area contributed by atoms with Gasteiger partial charge in [-0.05, 0) is 31.4 Å². The predicted molar refractivity (Wildman–Crippen MR) is 58.4 cm³/mol. The lowest BCUT2D eigenvalue weighted by Gasteiger charge is -2.26. The Labute approximate surface area is 98.2 Å². The smallest absolute Gasteiger partial charge is 0.312 e. The van der Waals surface area contributed by atoms with E-state index in [1.54, 1.807) is 7.05 Å². The van der Waals surface area contributed by atoms with Crippen molar-refractivity contribution in [2.75, 3.05) is 7.05 Å². The fraction of sp³-hybridized carbons (Fsp3) is 0.583. The molecule has 0 spiro atoms. The topological polar surface area (TPSA) is 24.9 Å². The Hall–Kier alpha value is -1.10. The summed E-state index contributed by atoms with van der Waals surface area (Å²) in [6, 6.07) is 0.763. The average Bonchev–Trinajstić information content (AvgIpc) is 2.97. The van der Waals surface area contributed by atoms with Crippen LogP contribution in [0.3, 0.4) is 0 Å². The third kappa shape index (κ3) is 2.29. The minimum absolute atomic E-state index is 0.0716. The van der Waals surface area contributed by atoms with Crippen molar-refractivity contribution >= 4 is 0 Å². The van der Waals surface area contributed by atoms with Crippen molar-refractivity contribution < 1.29 is 13.2 Å². The standard InChI is InChI=1S/C12H15F3N2/c1-11(4-5-11)10(16-2)8-7-17-6-3-9(8)12(13,14)15/h3,6-7,10,16H,4-5H2,1-2H3. The third-order valence-corrected chi connectivity index (χ3v) is 3.49. The molecule has 1 aromatic heterocycles. The maximum absolute atomic E-state index is 12.9. The monoisotopic (exact) mass is 244 g/mol. The average molecular weight is 244 g/mol. The predicted octanol–water partition coefficient (Wildman–Crippen LogP) is 3.16. The first kappa shape index (κ1) is 12.4. The molecule has 0 saturated heterocycles. The van der Waals surface area contributed by atoms with Crippen molar-refractivity contribution in [3.05, 3.63) is 29.6 Å². The lowest BCUT2D eigenvalue weighted by Crippen LogP contribution is -2.27. The Balaban J connectivity index is 2.44. The molecule has 1 heterocycles. The van der Waals surface area contributed by atoms with Crippen LogP contribution in [0.25, 0.3) is 0 Å². The molecule has 0 aliphatic heterocycles. The molecule has 17 heavy (non-hydrogen) atoms. The van der Waals surface area contributed by atoms with Gasteiger partial charge in [-0.2, -0.15) is 13.2 Å². The molecule has 1 aromatic rings. The van der Waals surface area contributed by atoms with E-state index in [4.69, 9.17) is 0 Å². The van der Waals surface area contributed by atoms with Gasteiger partial charge in [0.05, 0.1) is 5.56 Å². The van der Waals surface area contributed by atoms with E-state index in [1.165, 1.54) is 12.4 Å². The molecule has 0 amide bonds. The Kier molecular flexibility index (Phi) is 2.89. The van der Waals surface area contributed by atoms with Crippen LogP contribution in [-0.4, -0.2) is 12.0 Å². The van der Waals surface area contributed by atoms with Crippen molar-refractivity contribution in [3.8, 4) is 0 Å². The molecule has 94 valence electrons. The van der Waals surface area contributed by atoms with E-state index in [-0.39, 0.29) is 17.0 Å². The zero-order valence-electron chi connectivity index (χ0n) is 9.80. The molecule has 1 saturated carbocycles. The van der Waals surface area contributed by atoms with Crippen LogP contribution in [0, 0.1) is 5.41 Å². The molecular formula is C12H15F3N2. The molecule has 0 radical (unpaired) electrons. The van der Waals surface area contributed by atoms with Gasteiger partial charge >= 0.3 is 6.18 Å². The highest BCUT2D eigenvalue weighted by Crippen LogP contribution is 2.55. The van der Waals surface area contributed by atoms with E-state index in [1.807, 2.05) is 6.92 Å². The molecule has 1 atom stereocenters. The molecule has 2 nitrogen and oxygen atoms in total. The largest absolute Gasteiger partial charge is 0.416 e. The molecule has 0 bridgehead atoms. The lowest BCUT2D eigenvalue weighted by atomic mass is 9.90. The van der Waals surface area contributed by atoms with Gasteiger partial charge in [-0.1, -0.05) is 6.92 Å². The Morgan fingerprint density at radius 1 is 1.41 bits per heavy atom. The molecule has 1 aliphatic rings. The van der Waals surface area contributed by atoms with Crippen molar-refractivity contribution in [3.63, 3.8) is 0 Å². The summed E-state index contributed by atoms with van der Waals surface area (Å²) < 4.78 is 38.7. The van der Waals surface area contributed by atoms with Crippen molar-refractivity contribution in [1.82, 2.24) is 10.3 Å². The highest BCUT2D eigenvalue weighted by molar-refractivity contribution is 5.32. The van der Waals surface area contributed by atoms with Gasteiger partial charge in [0.2, 0.25) is 0 Å². The van der Waals surface area contributed by atoms with Crippen LogP contribution >= 0.6 is 0 Å². The van der Waals surface area contributed by atoms with E-state index in [9.17, 15) is 13.2 Å². The maximum atomic E-state index is 12.9. The summed E-state index contributed by atoms with van der Waals surface area (Å²) in [6.07, 6.45) is 0.0931. The lowest BCUT2D eigenvalue weighted by molar-refractivity contribution is -0.138. The second kappa shape index (κ2) is 3.98. The van der Waals surface area contributed by atoms with Gasteiger partial charge in [0.1, 0.15) is 0 Å². The normalized spacial score (nSPS) is 20.1. The fourth-order valence-corrected chi connectivity index (χ4v) is 2.26. The van der Waals surface area contributed by atoms with E-state index in [2.05, 4.69) is 10.3 Å². The minimum Gasteiger partial charge on any atom is -0.312 e. The Morgan fingerprint density at radius 3 is 2.53 bits per heavy atom. The molecule has 1 unspecified atom stereocenters. The van der Waals surface area contributed by atoms with Gasteiger partial charge in [-0.3, -0.25) is 4.98 Å². The number of alkyl halides is 3. The van der Waals surface area contributed by atoms with Gasteiger partial charge in [0.25, 0.3) is 0 Å². The molecule has 1 aliphatic carbocycles. The fourth-order valence-electron chi connectivity index (χ4n) is 2.26. The number of rotatable bonds is 3. The molecule has 1 fully saturated rings. The SMILES string of the molecule is CNC(c1cnccc1C(F)(F)F)C1(C)CC1. The van der Waals surface area contributed by atoms with Gasteiger partial charge < -0.3 is 5.32 Å². The van der Waals surface area contributed by atoms with Crippen LogP contribution in [0.4, 0.5) is 13.2 Å². The van der Waals surface area contributed by atoms with Gasteiger partial charge in [0.15, 0.2) is 0 Å². The van der Waals surface area contributed by atoms with Gasteiger partial charge in [0, 0.05) is 24.0 Å². The second-order valence-electron chi connectivity index (χ2n) is 4.84. The summed E-state index contributed by atoms with van der Waals surface area (Å²) in [5, 5.41) is 2.99. The summed E-state index contributed by atoms with van der Waals surface area (Å²) in [6.45, 7) is 2.00. The molecular weight excluding hydrogens is 229 g/mol. The van der Waals surface area contributed by atoms with Crippen LogP contribution in [0.15, 0.2) is 18.5 Å². The molecule has 1 N–H and O–H groups in total. The van der Waals surface area contributed by atoms with Gasteiger partial charge in [-0.25, -0.2) is 0 Å². The quantitative estimate of drug-likeness (QED) is 0.883. The van der Waals surface area contributed by atoms with Crippen LogP contribution in [0.1, 0.15) is 36.9 Å². The Bertz CT molecular complexity index is 410. The zero-order valence-corrected chi connectivity index (χ0v) is 9.80. The summed E-state index contributed by atoms with van der Waals surface area (Å²) in [4.78, 5) is 3.83. The number of hydrogen-bond acceptors (Lipinski definition) is 2. The zero-order chi connectivity index (χ0) is 12.7. The van der Waals surface area contributed by atoms with Crippen LogP contribution in [0.2, 0.25) is 0 Å². The third-order valence-electron chi connectivity index (χ3n) is 3.49. The van der Waals surface area contributed by atoms with Crippen molar-refractivity contribution in [1.29, 1.82) is 0 Å². The molecule has 5 heteroatoms. The first-order chi connectivity index (χ1) is 7.88. The number of nitrogens with one attached hydrogen (secondary N) is 1. The van der Waals surface area contributed by atoms with Gasteiger partial charge in [-0.15, -0.1) is 0 Å². The first-order valence-electron chi connectivity index (χ1n) is 5.57. The van der Waals surface area contributed by atoms with Crippen LogP contribution in [0.5, 0.6) is 0 Å². The minimum atomic E-state index is -4.32. The van der Waals surface area contributed by atoms with E-state index in [0.29, 0.717) is 0 Å². The van der Waals surface area contributed by atoms with Crippen molar-refractivity contribution in [2.45, 2.75) is 32.0 Å². The number of pyridine rings is 1. The van der Waals surface area contributed by atoms with E-state index >= 15 is 0 Å². The number of halogens is 3. The highest BCUT2D eigenvalue weighted by atomic mass is 19.4. The van der Waals surface area contributed by atoms with E-state index in [0.717, 1.165) is 18.9 Å². The first-order valence-corrected chi connectivity index (χ1v) is 5.57. The summed E-state index contributed by atoms with van der Waals surface area (Å²) >= 11 is 0. The number of aromatic nitrogens is 1. The van der Waals surface area contributed by atoms with Crippen LogP contribution < -0.4 is 5.32 Å². The summed E-state index contributed by atoms with van der Waals surface area (Å²) in [5.74, 6) is 0. The van der Waals surface area contributed by atoms with E-state index < -0.39 is 11.7 Å². The Morgan fingerprint density at radius 2 is 2.06 bits per heavy atom. The number of nitrogens with zero attached hydrogens (tertiary/aromatic N) is 1. The molecule has 0 aromatic carbocycles. The number of hydrogen-bond donors (Lipinski definition) is 1. The summed E-state index contributed by atoms with van der Waals surface area (Å²) in [5.41, 5.74) is -0.403. The molecule has 2 rings (SSSR count). The summed E-state index contributed by atoms with van der Waals surface area (Å²) in [7, 11) is 1.70. The van der Waals surface area contributed by atoms with Crippen molar-refractivity contribution in [2.24, 2.45) is 5.41 Å².